The van der Waals surface area contributed by atoms with Crippen molar-refractivity contribution in [2.24, 2.45) is 5.92 Å². The normalized spacial score (nSPS) is 22.6. The Morgan fingerprint density at radius 1 is 1.38 bits per heavy atom. The van der Waals surface area contributed by atoms with Gasteiger partial charge in [0.1, 0.15) is 5.82 Å². The van der Waals surface area contributed by atoms with E-state index in [2.05, 4.69) is 20.2 Å². The first-order valence-corrected chi connectivity index (χ1v) is 8.56. The summed E-state index contributed by atoms with van der Waals surface area (Å²) < 4.78 is 5.34. The highest BCUT2D eigenvalue weighted by molar-refractivity contribution is 5.83. The molecule has 0 bridgehead atoms. The number of morpholine rings is 1. The predicted octanol–water partition coefficient (Wildman–Crippen LogP) is -0.403. The molecule has 0 spiro atoms. The van der Waals surface area contributed by atoms with E-state index in [-0.39, 0.29) is 17.7 Å². The lowest BCUT2D eigenvalue weighted by Crippen LogP contribution is -2.49. The van der Waals surface area contributed by atoms with Crippen LogP contribution in [-0.2, 0) is 20.9 Å². The third-order valence-corrected chi connectivity index (χ3v) is 4.65. The summed E-state index contributed by atoms with van der Waals surface area (Å²) >= 11 is 0. The van der Waals surface area contributed by atoms with Gasteiger partial charge in [-0.1, -0.05) is 0 Å². The maximum absolute atomic E-state index is 12.3. The summed E-state index contributed by atoms with van der Waals surface area (Å²) in [6.07, 6.45) is 4.46. The van der Waals surface area contributed by atoms with E-state index >= 15 is 0 Å². The van der Waals surface area contributed by atoms with Gasteiger partial charge in [0.15, 0.2) is 0 Å². The monoisotopic (exact) mass is 335 g/mol. The number of hydrogen-bond acceptors (Lipinski definition) is 5. The van der Waals surface area contributed by atoms with Crippen LogP contribution in [0.4, 0.5) is 0 Å². The first kappa shape index (κ1) is 16.9. The molecule has 8 nitrogen and oxygen atoms in total. The topological polar surface area (TPSA) is 90.6 Å². The molecule has 1 aromatic rings. The molecule has 3 heterocycles. The standard InChI is InChI=1S/C16H25N5O3/c22-15-2-1-13(16(23)19-11-14-17-3-4-18-14)12-21(15)6-5-20-7-9-24-10-8-20/h3-4,13H,1-2,5-12H2,(H,17,18)(H,19,23). The summed E-state index contributed by atoms with van der Waals surface area (Å²) in [7, 11) is 0. The summed E-state index contributed by atoms with van der Waals surface area (Å²) in [5, 5.41) is 2.90. The van der Waals surface area contributed by atoms with Gasteiger partial charge in [0.25, 0.3) is 0 Å². The Hall–Kier alpha value is -1.93. The molecule has 132 valence electrons. The van der Waals surface area contributed by atoms with Crippen LogP contribution >= 0.6 is 0 Å². The minimum atomic E-state index is -0.137. The first-order chi connectivity index (χ1) is 11.7. The zero-order valence-corrected chi connectivity index (χ0v) is 13.9. The molecule has 0 aliphatic carbocycles. The second kappa shape index (κ2) is 8.25. The molecule has 24 heavy (non-hydrogen) atoms. The van der Waals surface area contributed by atoms with Crippen LogP contribution in [-0.4, -0.2) is 77.5 Å². The van der Waals surface area contributed by atoms with Crippen molar-refractivity contribution in [2.45, 2.75) is 19.4 Å². The van der Waals surface area contributed by atoms with Crippen molar-refractivity contribution in [3.63, 3.8) is 0 Å². The smallest absolute Gasteiger partial charge is 0.225 e. The molecule has 1 atom stereocenters. The van der Waals surface area contributed by atoms with Gasteiger partial charge in [-0.25, -0.2) is 4.98 Å². The largest absolute Gasteiger partial charge is 0.379 e. The van der Waals surface area contributed by atoms with E-state index in [1.54, 1.807) is 12.4 Å². The van der Waals surface area contributed by atoms with Crippen molar-refractivity contribution in [3.8, 4) is 0 Å². The second-order valence-electron chi connectivity index (χ2n) is 6.28. The number of carbonyl (C=O) groups excluding carboxylic acids is 2. The number of amides is 2. The van der Waals surface area contributed by atoms with E-state index in [0.717, 1.165) is 38.7 Å². The predicted molar refractivity (Wildman–Crippen MR) is 87.0 cm³/mol. The molecule has 2 saturated heterocycles. The van der Waals surface area contributed by atoms with Crippen molar-refractivity contribution >= 4 is 11.8 Å². The number of rotatable bonds is 6. The van der Waals surface area contributed by atoms with Gasteiger partial charge in [-0.3, -0.25) is 14.5 Å². The van der Waals surface area contributed by atoms with Crippen molar-refractivity contribution in [1.82, 2.24) is 25.1 Å². The minimum Gasteiger partial charge on any atom is -0.379 e. The number of imidazole rings is 1. The Labute approximate surface area is 141 Å². The maximum atomic E-state index is 12.3. The van der Waals surface area contributed by atoms with Crippen LogP contribution in [0.3, 0.4) is 0 Å². The van der Waals surface area contributed by atoms with Gasteiger partial charge < -0.3 is 19.9 Å². The molecule has 0 aromatic carbocycles. The Balaban J connectivity index is 1.45. The van der Waals surface area contributed by atoms with Gasteiger partial charge in [-0.2, -0.15) is 0 Å². The Morgan fingerprint density at radius 2 is 2.21 bits per heavy atom. The molecule has 8 heteroatoms. The minimum absolute atomic E-state index is 0.00438. The molecule has 1 aromatic heterocycles. The zero-order chi connectivity index (χ0) is 16.8. The number of ether oxygens (including phenoxy) is 1. The Kier molecular flexibility index (Phi) is 5.81. The molecule has 0 saturated carbocycles. The van der Waals surface area contributed by atoms with Gasteiger partial charge >= 0.3 is 0 Å². The molecule has 3 rings (SSSR count). The van der Waals surface area contributed by atoms with E-state index in [4.69, 9.17) is 4.74 Å². The number of H-pyrrole nitrogens is 1. The van der Waals surface area contributed by atoms with Crippen LogP contribution in [0.2, 0.25) is 0 Å². The number of piperidine rings is 1. The van der Waals surface area contributed by atoms with E-state index in [0.29, 0.717) is 32.5 Å². The number of aromatic amines is 1. The first-order valence-electron chi connectivity index (χ1n) is 8.56. The van der Waals surface area contributed by atoms with Crippen LogP contribution < -0.4 is 5.32 Å². The Morgan fingerprint density at radius 3 is 2.96 bits per heavy atom. The summed E-state index contributed by atoms with van der Waals surface area (Å²) in [4.78, 5) is 35.6. The lowest BCUT2D eigenvalue weighted by atomic mass is 9.96. The highest BCUT2D eigenvalue weighted by atomic mass is 16.5. The highest BCUT2D eigenvalue weighted by Gasteiger charge is 2.30. The average Bonchev–Trinajstić information content (AvgIpc) is 3.13. The molecule has 2 aliphatic rings. The molecule has 1 unspecified atom stereocenters. The molecule has 2 amide bonds. The molecular weight excluding hydrogens is 310 g/mol. The van der Waals surface area contributed by atoms with Crippen LogP contribution in [0.25, 0.3) is 0 Å². The summed E-state index contributed by atoms with van der Waals surface area (Å²) in [6.45, 7) is 5.76. The third-order valence-electron chi connectivity index (χ3n) is 4.65. The van der Waals surface area contributed by atoms with Crippen molar-refractivity contribution in [3.05, 3.63) is 18.2 Å². The van der Waals surface area contributed by atoms with Gasteiger partial charge in [-0.05, 0) is 6.42 Å². The molecule has 0 radical (unpaired) electrons. The average molecular weight is 335 g/mol. The van der Waals surface area contributed by atoms with E-state index in [9.17, 15) is 9.59 Å². The number of hydrogen-bond donors (Lipinski definition) is 2. The van der Waals surface area contributed by atoms with E-state index < -0.39 is 0 Å². The fourth-order valence-electron chi connectivity index (χ4n) is 3.14. The highest BCUT2D eigenvalue weighted by Crippen LogP contribution is 2.18. The number of nitrogens with one attached hydrogen (secondary N) is 2. The summed E-state index contributed by atoms with van der Waals surface area (Å²) in [5.41, 5.74) is 0. The fourth-order valence-corrected chi connectivity index (χ4v) is 3.14. The third kappa shape index (κ3) is 4.55. The second-order valence-corrected chi connectivity index (χ2v) is 6.28. The SMILES string of the molecule is O=C(NCc1ncc[nH]1)C1CCC(=O)N(CCN2CCOCC2)C1. The summed E-state index contributed by atoms with van der Waals surface area (Å²) in [6, 6.07) is 0. The molecule has 2 aliphatic heterocycles. The van der Waals surface area contributed by atoms with Crippen LogP contribution in [0.15, 0.2) is 12.4 Å². The van der Waals surface area contributed by atoms with Gasteiger partial charge in [-0.15, -0.1) is 0 Å². The van der Waals surface area contributed by atoms with Crippen molar-refractivity contribution in [1.29, 1.82) is 0 Å². The van der Waals surface area contributed by atoms with E-state index in [1.165, 1.54) is 0 Å². The van der Waals surface area contributed by atoms with Crippen molar-refractivity contribution < 1.29 is 14.3 Å². The fraction of sp³-hybridized carbons (Fsp3) is 0.688. The van der Waals surface area contributed by atoms with Crippen LogP contribution in [0.5, 0.6) is 0 Å². The van der Waals surface area contributed by atoms with Gasteiger partial charge in [0.2, 0.25) is 11.8 Å². The van der Waals surface area contributed by atoms with Gasteiger partial charge in [0.05, 0.1) is 25.7 Å². The van der Waals surface area contributed by atoms with E-state index in [1.807, 2.05) is 4.90 Å². The van der Waals surface area contributed by atoms with Gasteiger partial charge in [0, 0.05) is 51.5 Å². The summed E-state index contributed by atoms with van der Waals surface area (Å²) in [5.74, 6) is 0.746. The van der Waals surface area contributed by atoms with Crippen LogP contribution in [0, 0.1) is 5.92 Å². The molecule has 2 N–H and O–H groups in total. The number of nitrogens with zero attached hydrogens (tertiary/aromatic N) is 3. The number of likely N-dealkylation sites (tertiary alicyclic amines) is 1. The zero-order valence-electron chi connectivity index (χ0n) is 13.9. The lowest BCUT2D eigenvalue weighted by Gasteiger charge is -2.34. The maximum Gasteiger partial charge on any atom is 0.225 e. The number of carbonyl (C=O) groups is 2. The number of aromatic nitrogens is 2. The molecule has 2 fully saturated rings. The lowest BCUT2D eigenvalue weighted by molar-refractivity contribution is -0.138. The quantitative estimate of drug-likeness (QED) is 0.738. The Bertz CT molecular complexity index is 542. The van der Waals surface area contributed by atoms with Crippen LogP contribution in [0.1, 0.15) is 18.7 Å². The van der Waals surface area contributed by atoms with Crippen molar-refractivity contribution in [2.75, 3.05) is 45.9 Å². The molecular formula is C16H25N5O3.